The molecule has 154 valence electrons. The minimum absolute atomic E-state index is 0.0834. The van der Waals surface area contributed by atoms with E-state index in [1.165, 1.54) is 0 Å². The number of hydrogen-bond donors (Lipinski definition) is 1. The Bertz CT molecular complexity index is 985. The Morgan fingerprint density at radius 3 is 2.20 bits per heavy atom. The minimum Gasteiger partial charge on any atom is -0.493 e. The highest BCUT2D eigenvalue weighted by atomic mass is 16.5. The van der Waals surface area contributed by atoms with Gasteiger partial charge in [0.05, 0.1) is 12.2 Å². The molecule has 3 aromatic carbocycles. The Balaban J connectivity index is 1.72. The second kappa shape index (κ2) is 10.3. The molecule has 2 amide bonds. The van der Waals surface area contributed by atoms with Crippen molar-refractivity contribution in [2.45, 2.75) is 20.3 Å². The molecule has 0 spiro atoms. The first kappa shape index (κ1) is 21.1. The fourth-order valence-electron chi connectivity index (χ4n) is 3.09. The summed E-state index contributed by atoms with van der Waals surface area (Å²) in [7, 11) is 0. The van der Waals surface area contributed by atoms with Crippen molar-refractivity contribution in [3.8, 4) is 5.75 Å². The largest absolute Gasteiger partial charge is 0.493 e. The van der Waals surface area contributed by atoms with E-state index in [1.54, 1.807) is 47.4 Å². The van der Waals surface area contributed by atoms with E-state index in [0.717, 1.165) is 12.1 Å². The lowest BCUT2D eigenvalue weighted by Gasteiger charge is -2.21. The van der Waals surface area contributed by atoms with Crippen LogP contribution in [0.2, 0.25) is 0 Å². The van der Waals surface area contributed by atoms with Gasteiger partial charge in [-0.1, -0.05) is 37.3 Å². The van der Waals surface area contributed by atoms with E-state index in [-0.39, 0.29) is 11.8 Å². The van der Waals surface area contributed by atoms with Gasteiger partial charge in [0.15, 0.2) is 0 Å². The number of rotatable bonds is 8. The van der Waals surface area contributed by atoms with Crippen LogP contribution in [0.1, 0.15) is 41.0 Å². The third-order valence-electron chi connectivity index (χ3n) is 4.61. The molecule has 0 bridgehead atoms. The zero-order chi connectivity index (χ0) is 21.3. The zero-order valence-corrected chi connectivity index (χ0v) is 17.3. The molecule has 30 heavy (non-hydrogen) atoms. The number of benzene rings is 3. The van der Waals surface area contributed by atoms with Crippen LogP contribution in [0.3, 0.4) is 0 Å². The third-order valence-corrected chi connectivity index (χ3v) is 4.61. The summed E-state index contributed by atoms with van der Waals surface area (Å²) in [5.41, 5.74) is 2.51. The average molecular weight is 402 g/mol. The molecular weight excluding hydrogens is 376 g/mol. The van der Waals surface area contributed by atoms with E-state index < -0.39 is 0 Å². The molecule has 0 aliphatic heterocycles. The van der Waals surface area contributed by atoms with Crippen LogP contribution in [-0.4, -0.2) is 25.0 Å². The number of ether oxygens (including phenoxy) is 1. The molecule has 5 nitrogen and oxygen atoms in total. The smallest absolute Gasteiger partial charge is 0.259 e. The van der Waals surface area contributed by atoms with E-state index >= 15 is 0 Å². The first-order valence-electron chi connectivity index (χ1n) is 10.1. The van der Waals surface area contributed by atoms with Gasteiger partial charge in [0.25, 0.3) is 11.8 Å². The highest BCUT2D eigenvalue weighted by Gasteiger charge is 2.16. The Labute approximate surface area is 177 Å². The summed E-state index contributed by atoms with van der Waals surface area (Å²) in [6.45, 7) is 5.08. The van der Waals surface area contributed by atoms with Crippen LogP contribution < -0.4 is 15.0 Å². The molecule has 1 N–H and O–H groups in total. The van der Waals surface area contributed by atoms with Crippen molar-refractivity contribution in [1.82, 2.24) is 0 Å². The summed E-state index contributed by atoms with van der Waals surface area (Å²) < 4.78 is 5.67. The second-order valence-corrected chi connectivity index (χ2v) is 6.76. The quantitative estimate of drug-likeness (QED) is 0.549. The molecule has 3 rings (SSSR count). The van der Waals surface area contributed by atoms with Crippen LogP contribution in [0.4, 0.5) is 11.4 Å². The second-order valence-electron chi connectivity index (χ2n) is 6.76. The molecule has 0 saturated heterocycles. The standard InChI is InChI=1S/C25H26N2O3/c1-3-18-30-23-13-9-8-12-22(23)24(28)26-20-16-14-19(15-17-20)25(29)27(4-2)21-10-6-5-7-11-21/h5-17H,3-4,18H2,1-2H3,(H,26,28). The summed E-state index contributed by atoms with van der Waals surface area (Å²) >= 11 is 0. The molecular formula is C25H26N2O3. The number of nitrogens with one attached hydrogen (secondary N) is 1. The Kier molecular flexibility index (Phi) is 7.22. The lowest BCUT2D eigenvalue weighted by molar-refractivity contribution is 0.0987. The third kappa shape index (κ3) is 5.06. The summed E-state index contributed by atoms with van der Waals surface area (Å²) in [5, 5.41) is 2.87. The lowest BCUT2D eigenvalue weighted by Crippen LogP contribution is -2.30. The molecule has 5 heteroatoms. The molecule has 0 radical (unpaired) electrons. The van der Waals surface area contributed by atoms with Crippen LogP contribution in [0.25, 0.3) is 0 Å². The van der Waals surface area contributed by atoms with Crippen molar-refractivity contribution >= 4 is 23.2 Å². The number of carbonyl (C=O) groups excluding carboxylic acids is 2. The average Bonchev–Trinajstić information content (AvgIpc) is 2.79. The molecule has 0 fully saturated rings. The van der Waals surface area contributed by atoms with Crippen molar-refractivity contribution < 1.29 is 14.3 Å². The first-order chi connectivity index (χ1) is 14.6. The number of amides is 2. The van der Waals surface area contributed by atoms with Crippen LogP contribution in [-0.2, 0) is 0 Å². The lowest BCUT2D eigenvalue weighted by atomic mass is 10.1. The van der Waals surface area contributed by atoms with Gasteiger partial charge >= 0.3 is 0 Å². The molecule has 0 aromatic heterocycles. The normalized spacial score (nSPS) is 10.3. The van der Waals surface area contributed by atoms with Crippen LogP contribution in [0, 0.1) is 0 Å². The molecule has 3 aromatic rings. The maximum atomic E-state index is 12.9. The number of anilines is 2. The van der Waals surface area contributed by atoms with Gasteiger partial charge in [-0.05, 0) is 61.9 Å². The SMILES string of the molecule is CCCOc1ccccc1C(=O)Nc1ccc(C(=O)N(CC)c2ccccc2)cc1. The Morgan fingerprint density at radius 2 is 1.53 bits per heavy atom. The molecule has 0 heterocycles. The summed E-state index contributed by atoms with van der Waals surface area (Å²) in [6, 6.07) is 23.6. The van der Waals surface area contributed by atoms with Crippen LogP contribution in [0.15, 0.2) is 78.9 Å². The summed E-state index contributed by atoms with van der Waals surface area (Å²) in [4.78, 5) is 27.3. The Morgan fingerprint density at radius 1 is 0.867 bits per heavy atom. The molecule has 0 unspecified atom stereocenters. The van der Waals surface area contributed by atoms with Gasteiger partial charge in [0, 0.05) is 23.5 Å². The van der Waals surface area contributed by atoms with Crippen LogP contribution in [0.5, 0.6) is 5.75 Å². The number of hydrogen-bond acceptors (Lipinski definition) is 3. The van der Waals surface area contributed by atoms with Gasteiger partial charge in [0.1, 0.15) is 5.75 Å². The molecule has 0 saturated carbocycles. The number of carbonyl (C=O) groups is 2. The molecule has 0 aliphatic rings. The highest BCUT2D eigenvalue weighted by molar-refractivity contribution is 6.08. The first-order valence-corrected chi connectivity index (χ1v) is 10.1. The van der Waals surface area contributed by atoms with Crippen LogP contribution >= 0.6 is 0 Å². The topological polar surface area (TPSA) is 58.6 Å². The fraction of sp³-hybridized carbons (Fsp3) is 0.200. The van der Waals surface area contributed by atoms with Gasteiger partial charge in [-0.3, -0.25) is 9.59 Å². The molecule has 0 aliphatic carbocycles. The predicted molar refractivity (Wildman–Crippen MR) is 120 cm³/mol. The maximum Gasteiger partial charge on any atom is 0.259 e. The Hall–Kier alpha value is -3.60. The van der Waals surface area contributed by atoms with E-state index in [1.807, 2.05) is 50.2 Å². The van der Waals surface area contributed by atoms with E-state index in [0.29, 0.717) is 35.7 Å². The van der Waals surface area contributed by atoms with E-state index in [9.17, 15) is 9.59 Å². The van der Waals surface area contributed by atoms with Gasteiger partial charge in [-0.15, -0.1) is 0 Å². The van der Waals surface area contributed by atoms with Gasteiger partial charge in [-0.25, -0.2) is 0 Å². The van der Waals surface area contributed by atoms with Crippen molar-refractivity contribution in [2.75, 3.05) is 23.4 Å². The van der Waals surface area contributed by atoms with Crippen molar-refractivity contribution in [3.63, 3.8) is 0 Å². The van der Waals surface area contributed by atoms with Gasteiger partial charge in [0.2, 0.25) is 0 Å². The van der Waals surface area contributed by atoms with Gasteiger partial charge in [-0.2, -0.15) is 0 Å². The van der Waals surface area contributed by atoms with Gasteiger partial charge < -0.3 is 15.0 Å². The fourth-order valence-corrected chi connectivity index (χ4v) is 3.09. The number of para-hydroxylation sites is 2. The predicted octanol–water partition coefficient (Wildman–Crippen LogP) is 5.39. The van der Waals surface area contributed by atoms with Crippen molar-refractivity contribution in [1.29, 1.82) is 0 Å². The van der Waals surface area contributed by atoms with Crippen molar-refractivity contribution in [2.24, 2.45) is 0 Å². The van der Waals surface area contributed by atoms with Crippen molar-refractivity contribution in [3.05, 3.63) is 90.0 Å². The van der Waals surface area contributed by atoms with E-state index in [2.05, 4.69) is 5.32 Å². The molecule has 0 atom stereocenters. The number of nitrogens with zero attached hydrogens (tertiary/aromatic N) is 1. The summed E-state index contributed by atoms with van der Waals surface area (Å²) in [6.07, 6.45) is 0.864. The highest BCUT2D eigenvalue weighted by Crippen LogP contribution is 2.21. The maximum absolute atomic E-state index is 12.9. The minimum atomic E-state index is -0.250. The summed E-state index contributed by atoms with van der Waals surface area (Å²) in [5.74, 6) is 0.227. The monoisotopic (exact) mass is 402 g/mol. The van der Waals surface area contributed by atoms with E-state index in [4.69, 9.17) is 4.74 Å². The zero-order valence-electron chi connectivity index (χ0n) is 17.3.